The Labute approximate surface area is 178 Å². The molecule has 0 N–H and O–H groups in total. The summed E-state index contributed by atoms with van der Waals surface area (Å²) in [5.41, 5.74) is 0.894. The largest absolute Gasteiger partial charge is 0.114 e. The van der Waals surface area contributed by atoms with Crippen LogP contribution in [0.2, 0.25) is 0 Å². The van der Waals surface area contributed by atoms with E-state index in [-0.39, 0.29) is 49.8 Å². The van der Waals surface area contributed by atoms with Gasteiger partial charge in [0.25, 0.3) is 0 Å². The number of hydrogen-bond acceptors (Lipinski definition) is 0. The number of rotatable bonds is 7. The fraction of sp³-hybridized carbons (Fsp3) is 1.00. The molecule has 0 spiro atoms. The number of hydrogen-bond donors (Lipinski definition) is 0. The van der Waals surface area contributed by atoms with E-state index < -0.39 is 0 Å². The zero-order valence-electron chi connectivity index (χ0n) is 18.5. The Kier molecular flexibility index (Phi) is 14.0. The molecule has 0 radical (unpaired) electrons. The highest BCUT2D eigenvalue weighted by Gasteiger charge is 2.33. The summed E-state index contributed by atoms with van der Waals surface area (Å²) in [6.45, 7) is 29.4. The van der Waals surface area contributed by atoms with Crippen LogP contribution in [0.4, 0.5) is 0 Å². The van der Waals surface area contributed by atoms with Crippen LogP contribution < -0.4 is 0 Å². The van der Waals surface area contributed by atoms with E-state index in [1.54, 1.807) is 0 Å². The van der Waals surface area contributed by atoms with Crippen molar-refractivity contribution >= 4 is 49.8 Å². The summed E-state index contributed by atoms with van der Waals surface area (Å²) in [4.78, 5) is 0. The lowest BCUT2D eigenvalue weighted by Gasteiger charge is -2.41. The third-order valence-corrected chi connectivity index (χ3v) is 11.4. The third-order valence-electron chi connectivity index (χ3n) is 4.76. The van der Waals surface area contributed by atoms with Crippen molar-refractivity contribution in [2.45, 2.75) is 92.4 Å². The van der Waals surface area contributed by atoms with Gasteiger partial charge in [0, 0.05) is 0 Å². The molecule has 0 rings (SSSR count). The topological polar surface area (TPSA) is 0 Å². The Morgan fingerprint density at radius 1 is 0.500 bits per heavy atom. The molecule has 0 fully saturated rings. The molecule has 4 heteroatoms. The molecule has 0 aromatic heterocycles. The lowest BCUT2D eigenvalue weighted by molar-refractivity contribution is 0.335. The van der Waals surface area contributed by atoms with Gasteiger partial charge in [-0.15, -0.1) is 49.8 Å². The molecule has 150 valence electrons. The third kappa shape index (κ3) is 13.1. The van der Waals surface area contributed by atoms with Gasteiger partial charge in [-0.2, -0.15) is 0 Å². The highest BCUT2D eigenvalue weighted by atomic mass is 79.9. The lowest BCUT2D eigenvalue weighted by atomic mass is 9.86. The summed E-state index contributed by atoms with van der Waals surface area (Å²) >= 11 is 0. The van der Waals surface area contributed by atoms with Crippen molar-refractivity contribution in [1.29, 1.82) is 0 Å². The number of halogens is 2. The summed E-state index contributed by atoms with van der Waals surface area (Å²) in [5, 5.41) is 1.02. The average molecular weight is 508 g/mol. The van der Waals surface area contributed by atoms with E-state index in [1.807, 2.05) is 0 Å². The summed E-state index contributed by atoms with van der Waals surface area (Å²) in [5.74, 6) is 0. The molecular formula is C20H46Br2P2. The minimum atomic E-state index is 0. The van der Waals surface area contributed by atoms with Gasteiger partial charge in [0.2, 0.25) is 0 Å². The first-order valence-electron chi connectivity index (χ1n) is 8.89. The normalized spacial score (nSPS) is 16.0. The predicted octanol–water partition coefficient (Wildman–Crippen LogP) is 8.80. The fourth-order valence-corrected chi connectivity index (χ4v) is 8.87. The van der Waals surface area contributed by atoms with Crippen molar-refractivity contribution in [2.24, 2.45) is 10.8 Å². The summed E-state index contributed by atoms with van der Waals surface area (Å²) in [7, 11) is 0.231. The van der Waals surface area contributed by atoms with Crippen molar-refractivity contribution in [1.82, 2.24) is 0 Å². The zero-order valence-corrected chi connectivity index (χ0v) is 23.8. The maximum atomic E-state index is 2.54. The van der Waals surface area contributed by atoms with Crippen LogP contribution in [0, 0.1) is 10.8 Å². The van der Waals surface area contributed by atoms with Crippen LogP contribution in [0.1, 0.15) is 82.1 Å². The van der Waals surface area contributed by atoms with Crippen LogP contribution in [0.15, 0.2) is 0 Å². The molecule has 0 aromatic carbocycles. The van der Waals surface area contributed by atoms with Crippen LogP contribution in [0.3, 0.4) is 0 Å². The Balaban J connectivity index is -0.00000220. The van der Waals surface area contributed by atoms with Crippen LogP contribution >= 0.6 is 49.8 Å². The zero-order chi connectivity index (χ0) is 18.0. The summed E-state index contributed by atoms with van der Waals surface area (Å²) in [6.07, 6.45) is 5.59. The van der Waals surface area contributed by atoms with Crippen molar-refractivity contribution in [2.75, 3.05) is 25.7 Å². The smallest absolute Gasteiger partial charge is 0.0148 e. The molecule has 0 aliphatic carbocycles. The molecule has 0 nitrogen and oxygen atoms in total. The van der Waals surface area contributed by atoms with Crippen molar-refractivity contribution in [3.05, 3.63) is 0 Å². The first-order chi connectivity index (χ1) is 9.46. The Morgan fingerprint density at radius 3 is 0.875 bits per heavy atom. The van der Waals surface area contributed by atoms with E-state index in [9.17, 15) is 0 Å². The highest BCUT2D eigenvalue weighted by molar-refractivity contribution is 8.93. The van der Waals surface area contributed by atoms with Crippen LogP contribution in [0.5, 0.6) is 0 Å². The molecule has 0 aliphatic heterocycles. The Morgan fingerprint density at radius 2 is 0.708 bits per heavy atom. The van der Waals surface area contributed by atoms with Gasteiger partial charge in [-0.05, 0) is 59.6 Å². The minimum absolute atomic E-state index is 0. The molecule has 0 saturated heterocycles. The predicted molar refractivity (Wildman–Crippen MR) is 132 cm³/mol. The Bertz CT molecular complexity index is 305. The van der Waals surface area contributed by atoms with Gasteiger partial charge in [0.05, 0.1) is 0 Å². The van der Waals surface area contributed by atoms with Gasteiger partial charge in [-0.1, -0.05) is 69.2 Å². The first-order valence-corrected chi connectivity index (χ1v) is 12.8. The second kappa shape index (κ2) is 11.0. The summed E-state index contributed by atoms with van der Waals surface area (Å²) < 4.78 is 0. The molecule has 2 atom stereocenters. The molecule has 0 amide bonds. The maximum Gasteiger partial charge on any atom is -0.0148 e. The van der Waals surface area contributed by atoms with Crippen molar-refractivity contribution in [3.63, 3.8) is 0 Å². The van der Waals surface area contributed by atoms with Gasteiger partial charge in [0.15, 0.2) is 0 Å². The minimum Gasteiger partial charge on any atom is -0.114 e. The van der Waals surface area contributed by atoms with Gasteiger partial charge in [-0.3, -0.25) is 0 Å². The van der Waals surface area contributed by atoms with Crippen molar-refractivity contribution in [3.8, 4) is 0 Å². The molecule has 0 heterocycles. The average Bonchev–Trinajstić information content (AvgIpc) is 2.17. The first kappa shape index (κ1) is 30.5. The molecule has 0 saturated carbocycles. The van der Waals surface area contributed by atoms with E-state index in [4.69, 9.17) is 0 Å². The fourth-order valence-electron chi connectivity index (χ4n) is 3.77. The second-order valence-corrected chi connectivity index (χ2v) is 17.1. The van der Waals surface area contributed by atoms with E-state index in [2.05, 4.69) is 82.6 Å². The molecule has 0 bridgehead atoms. The van der Waals surface area contributed by atoms with E-state index in [1.165, 1.54) is 25.2 Å². The van der Waals surface area contributed by atoms with Crippen LogP contribution in [-0.4, -0.2) is 36.0 Å². The van der Waals surface area contributed by atoms with Gasteiger partial charge < -0.3 is 0 Å². The second-order valence-electron chi connectivity index (χ2n) is 10.9. The van der Waals surface area contributed by atoms with Crippen LogP contribution in [-0.2, 0) is 0 Å². The molecule has 0 aliphatic rings. The highest BCUT2D eigenvalue weighted by Crippen LogP contribution is 2.57. The molecule has 2 unspecified atom stereocenters. The van der Waals surface area contributed by atoms with E-state index in [0.29, 0.717) is 21.1 Å². The summed E-state index contributed by atoms with van der Waals surface area (Å²) in [6, 6.07) is 0. The van der Waals surface area contributed by atoms with Crippen LogP contribution in [0.25, 0.3) is 0 Å². The molecule has 0 aromatic rings. The lowest BCUT2D eigenvalue weighted by Crippen LogP contribution is -2.28. The quantitative estimate of drug-likeness (QED) is 0.302. The molecule has 24 heavy (non-hydrogen) atoms. The Hall–Kier alpha value is 1.82. The standard InChI is InChI=1S/C20H44P2.2BrH/c1-17(2,3)15-19(7,8)21(11)13-14-22(12)20(9,10)16-18(4,5)6;;/h13-16H2,1-12H3;2*1H. The van der Waals surface area contributed by atoms with Gasteiger partial charge >= 0.3 is 0 Å². The van der Waals surface area contributed by atoms with E-state index in [0.717, 1.165) is 0 Å². The van der Waals surface area contributed by atoms with Gasteiger partial charge in [-0.25, -0.2) is 0 Å². The monoisotopic (exact) mass is 506 g/mol. The molecular weight excluding hydrogens is 462 g/mol. The van der Waals surface area contributed by atoms with E-state index >= 15 is 0 Å². The SMILES string of the molecule is Br.Br.CP(CCP(C)C(C)(C)CC(C)(C)C)C(C)(C)CC(C)(C)C. The maximum absolute atomic E-state index is 2.54. The van der Waals surface area contributed by atoms with Crippen molar-refractivity contribution < 1.29 is 0 Å². The van der Waals surface area contributed by atoms with Gasteiger partial charge in [0.1, 0.15) is 0 Å².